The normalized spacial score (nSPS) is 11.0. The van der Waals surface area contributed by atoms with Crippen molar-refractivity contribution in [1.29, 1.82) is 0 Å². The van der Waals surface area contributed by atoms with Crippen LogP contribution >= 0.6 is 0 Å². The van der Waals surface area contributed by atoms with Crippen LogP contribution in [0.5, 0.6) is 0 Å². The van der Waals surface area contributed by atoms with E-state index in [9.17, 15) is 32.3 Å². The van der Waals surface area contributed by atoms with E-state index in [1.165, 1.54) is 18.5 Å². The molecule has 0 radical (unpaired) electrons. The average molecular weight is 439 g/mol. The van der Waals surface area contributed by atoms with Gasteiger partial charge in [-0.3, -0.25) is 23.7 Å². The fourth-order valence-corrected chi connectivity index (χ4v) is 2.87. The van der Waals surface area contributed by atoms with Crippen LogP contribution in [0.4, 0.5) is 13.2 Å². The monoisotopic (exact) mass is 439 g/mol. The Hall–Kier alpha value is -3.63. The number of hydrogen-bond donors (Lipinski definition) is 1. The van der Waals surface area contributed by atoms with Gasteiger partial charge in [-0.25, -0.2) is 0 Å². The van der Waals surface area contributed by atoms with Crippen molar-refractivity contribution >= 4 is 23.3 Å². The van der Waals surface area contributed by atoms with Gasteiger partial charge >= 0.3 is 23.3 Å². The summed E-state index contributed by atoms with van der Waals surface area (Å²) in [5.74, 6) is -0.827. The summed E-state index contributed by atoms with van der Waals surface area (Å²) >= 11 is 0. The number of esters is 1. The molecule has 0 aliphatic carbocycles. The Morgan fingerprint density at radius 2 is 1.90 bits per heavy atom. The lowest BCUT2D eigenvalue weighted by Crippen LogP contribution is -2.38. The minimum Gasteiger partial charge on any atom is -0.465 e. The number of rotatable bonds is 5. The Morgan fingerprint density at radius 3 is 2.45 bits per heavy atom. The zero-order chi connectivity index (χ0) is 23.3. The summed E-state index contributed by atoms with van der Waals surface area (Å²) in [7, 11) is 0. The van der Waals surface area contributed by atoms with Gasteiger partial charge in [0.25, 0.3) is 0 Å². The van der Waals surface area contributed by atoms with Gasteiger partial charge in [0.1, 0.15) is 6.54 Å². The average Bonchev–Trinajstić information content (AvgIpc) is 3.21. The number of hydrogen-bond acceptors (Lipinski definition) is 5. The van der Waals surface area contributed by atoms with Crippen molar-refractivity contribution in [2.24, 2.45) is 0 Å². The lowest BCUT2D eigenvalue weighted by Gasteiger charge is -2.17. The number of alkyl halides is 3. The molecule has 0 unspecified atom stereocenters. The van der Waals surface area contributed by atoms with E-state index in [1.54, 1.807) is 6.92 Å². The first kappa shape index (κ1) is 23.6. The molecule has 3 rings (SSSR count). The topological polar surface area (TPSA) is 103 Å². The Labute approximate surface area is 173 Å². The molecular formula is C20H20F3N3O5. The number of fused-ring (bicyclic) bond motifs is 1. The van der Waals surface area contributed by atoms with Crippen LogP contribution in [0, 0.1) is 0 Å². The quantitative estimate of drug-likeness (QED) is 0.374. The molecule has 1 N–H and O–H groups in total. The van der Waals surface area contributed by atoms with Crippen molar-refractivity contribution in [1.82, 2.24) is 14.1 Å². The summed E-state index contributed by atoms with van der Waals surface area (Å²) in [5, 5.41) is 0. The van der Waals surface area contributed by atoms with Crippen LogP contribution in [0.1, 0.15) is 36.7 Å². The number of aromatic nitrogens is 3. The minimum atomic E-state index is -4.80. The number of benzene rings is 1. The molecule has 11 heteroatoms. The molecule has 3 aromatic rings. The molecule has 2 aromatic heterocycles. The molecule has 166 valence electrons. The fourth-order valence-electron chi connectivity index (χ4n) is 2.87. The van der Waals surface area contributed by atoms with Gasteiger partial charge in [-0.05, 0) is 25.1 Å². The van der Waals surface area contributed by atoms with Gasteiger partial charge in [0, 0.05) is 18.0 Å². The molecule has 8 nitrogen and oxygen atoms in total. The van der Waals surface area contributed by atoms with Gasteiger partial charge in [-0.15, -0.1) is 0 Å². The molecule has 2 heterocycles. The second-order valence-electron chi connectivity index (χ2n) is 6.00. The van der Waals surface area contributed by atoms with E-state index in [2.05, 4.69) is 4.98 Å². The molecule has 0 saturated heterocycles. The highest BCUT2D eigenvalue weighted by molar-refractivity contribution is 5.81. The molecule has 0 bridgehead atoms. The zero-order valence-corrected chi connectivity index (χ0v) is 16.9. The summed E-state index contributed by atoms with van der Waals surface area (Å²) in [6, 6.07) is 3.01. The number of carbonyl (C=O) groups excluding carboxylic acids is 2. The van der Waals surface area contributed by atoms with Crippen LogP contribution in [0.25, 0.3) is 16.7 Å². The molecular weight excluding hydrogens is 419 g/mol. The van der Waals surface area contributed by atoms with E-state index in [0.717, 1.165) is 15.2 Å². The number of aldehydes is 1. The SMILES string of the molecule is CC.CCOC(=O)Cn1c(=O)c(=O)[nH]c2cc(C(F)(F)F)c(-n3ccc(C=O)c3)cc21. The maximum atomic E-state index is 13.6. The van der Waals surface area contributed by atoms with Crippen LogP contribution in [-0.4, -0.2) is 33.0 Å². The van der Waals surface area contributed by atoms with Gasteiger partial charge < -0.3 is 14.3 Å². The van der Waals surface area contributed by atoms with Crippen LogP contribution in [0.15, 0.2) is 40.2 Å². The third-order valence-electron chi connectivity index (χ3n) is 4.12. The minimum absolute atomic E-state index is 0.0238. The van der Waals surface area contributed by atoms with Gasteiger partial charge in [-0.2, -0.15) is 13.2 Å². The lowest BCUT2D eigenvalue weighted by molar-refractivity contribution is -0.143. The molecule has 0 fully saturated rings. The highest BCUT2D eigenvalue weighted by Gasteiger charge is 2.35. The van der Waals surface area contributed by atoms with Gasteiger partial charge in [0.2, 0.25) is 0 Å². The van der Waals surface area contributed by atoms with Crippen molar-refractivity contribution in [2.75, 3.05) is 6.61 Å². The van der Waals surface area contributed by atoms with E-state index in [1.807, 2.05) is 13.8 Å². The first-order valence-electron chi connectivity index (χ1n) is 9.33. The van der Waals surface area contributed by atoms with Crippen LogP contribution < -0.4 is 11.1 Å². The molecule has 0 atom stereocenters. The van der Waals surface area contributed by atoms with Crippen molar-refractivity contribution < 1.29 is 27.5 Å². The molecule has 0 spiro atoms. The van der Waals surface area contributed by atoms with Gasteiger partial charge in [-0.1, -0.05) is 13.8 Å². The Kier molecular flexibility index (Phi) is 7.21. The standard InChI is InChI=1S/C18H14F3N3O5.C2H6/c1-2-29-15(26)8-24-14-6-13(23-4-3-10(7-23)9-25)11(18(19,20)21)5-12(14)22-16(27)17(24)28;1-2/h3-7,9H,2,8H2,1H3,(H,22,27);1-2H3. The fraction of sp³-hybridized carbons (Fsp3) is 0.300. The second-order valence-corrected chi connectivity index (χ2v) is 6.00. The van der Waals surface area contributed by atoms with Crippen molar-refractivity contribution in [3.63, 3.8) is 0 Å². The predicted molar refractivity (Wildman–Crippen MR) is 107 cm³/mol. The van der Waals surface area contributed by atoms with E-state index in [0.29, 0.717) is 12.4 Å². The van der Waals surface area contributed by atoms with Crippen molar-refractivity contribution in [2.45, 2.75) is 33.5 Å². The summed E-state index contributed by atoms with van der Waals surface area (Å²) in [4.78, 5) is 48.9. The first-order valence-corrected chi connectivity index (χ1v) is 9.33. The molecule has 0 amide bonds. The Balaban J connectivity index is 0.00000166. The van der Waals surface area contributed by atoms with Crippen molar-refractivity contribution in [3.05, 3.63) is 62.4 Å². The maximum Gasteiger partial charge on any atom is 0.418 e. The van der Waals surface area contributed by atoms with E-state index in [4.69, 9.17) is 4.74 Å². The molecule has 0 aliphatic rings. The number of aromatic amines is 1. The van der Waals surface area contributed by atoms with Crippen LogP contribution in [0.3, 0.4) is 0 Å². The predicted octanol–water partition coefficient (Wildman–Crippen LogP) is 2.90. The van der Waals surface area contributed by atoms with Crippen LogP contribution in [-0.2, 0) is 22.3 Å². The number of halogens is 3. The zero-order valence-electron chi connectivity index (χ0n) is 16.9. The number of H-pyrrole nitrogens is 1. The lowest BCUT2D eigenvalue weighted by atomic mass is 10.1. The first-order chi connectivity index (χ1) is 14.7. The smallest absolute Gasteiger partial charge is 0.418 e. The van der Waals surface area contributed by atoms with E-state index >= 15 is 0 Å². The van der Waals surface area contributed by atoms with E-state index in [-0.39, 0.29) is 28.9 Å². The third-order valence-corrected chi connectivity index (χ3v) is 4.12. The summed E-state index contributed by atoms with van der Waals surface area (Å²) in [6.45, 7) is 4.92. The number of carbonyl (C=O) groups is 2. The van der Waals surface area contributed by atoms with Crippen LogP contribution in [0.2, 0.25) is 0 Å². The number of ether oxygens (including phenoxy) is 1. The number of nitrogens with one attached hydrogen (secondary N) is 1. The molecule has 1 aromatic carbocycles. The largest absolute Gasteiger partial charge is 0.465 e. The van der Waals surface area contributed by atoms with Gasteiger partial charge in [0.15, 0.2) is 6.29 Å². The maximum absolute atomic E-state index is 13.6. The second kappa shape index (κ2) is 9.45. The third kappa shape index (κ3) is 4.93. The summed E-state index contributed by atoms with van der Waals surface area (Å²) in [5.41, 5.74) is -4.02. The van der Waals surface area contributed by atoms with Crippen molar-refractivity contribution in [3.8, 4) is 5.69 Å². The highest BCUT2D eigenvalue weighted by Crippen LogP contribution is 2.36. The Morgan fingerprint density at radius 1 is 1.23 bits per heavy atom. The molecule has 0 saturated carbocycles. The van der Waals surface area contributed by atoms with E-state index < -0.39 is 35.4 Å². The Bertz CT molecular complexity index is 1220. The summed E-state index contributed by atoms with van der Waals surface area (Å²) < 4.78 is 47.5. The molecule has 0 aliphatic heterocycles. The number of nitrogens with zero attached hydrogens (tertiary/aromatic N) is 2. The highest BCUT2D eigenvalue weighted by atomic mass is 19.4. The van der Waals surface area contributed by atoms with Gasteiger partial charge in [0.05, 0.1) is 28.9 Å². The molecule has 31 heavy (non-hydrogen) atoms. The summed E-state index contributed by atoms with van der Waals surface area (Å²) in [6.07, 6.45) is -1.89.